The SMILES string of the molecule is C[C@]1(OC(=O)c2ccccc2)C(Cl)O[C@H](COC(=O)c2ccccc2)[C@H]1OC(=O)c1ccccc1. The molecule has 0 aliphatic carbocycles. The van der Waals surface area contributed by atoms with Crippen LogP contribution in [0.4, 0.5) is 0 Å². The molecule has 1 heterocycles. The number of ether oxygens (including phenoxy) is 4. The van der Waals surface area contributed by atoms with E-state index in [1.54, 1.807) is 91.0 Å². The van der Waals surface area contributed by atoms with Crippen LogP contribution in [0.2, 0.25) is 0 Å². The number of esters is 3. The Morgan fingerprint density at radius 2 is 1.23 bits per heavy atom. The molecule has 180 valence electrons. The number of halogens is 1. The van der Waals surface area contributed by atoms with Crippen molar-refractivity contribution >= 4 is 29.5 Å². The summed E-state index contributed by atoms with van der Waals surface area (Å²) in [6.07, 6.45) is -2.14. The van der Waals surface area contributed by atoms with Crippen molar-refractivity contribution < 1.29 is 33.3 Å². The fraction of sp³-hybridized carbons (Fsp3) is 0.222. The van der Waals surface area contributed by atoms with Crippen molar-refractivity contribution in [3.63, 3.8) is 0 Å². The van der Waals surface area contributed by atoms with E-state index in [-0.39, 0.29) is 6.61 Å². The number of benzene rings is 3. The highest BCUT2D eigenvalue weighted by Crippen LogP contribution is 2.40. The summed E-state index contributed by atoms with van der Waals surface area (Å²) in [4.78, 5) is 38.2. The number of carbonyl (C=O) groups is 3. The number of carbonyl (C=O) groups excluding carboxylic acids is 3. The van der Waals surface area contributed by atoms with Gasteiger partial charge >= 0.3 is 17.9 Å². The second kappa shape index (κ2) is 10.7. The second-order valence-corrected chi connectivity index (χ2v) is 8.48. The predicted octanol–water partition coefficient (Wildman–Crippen LogP) is 4.65. The van der Waals surface area contributed by atoms with E-state index in [2.05, 4.69) is 0 Å². The van der Waals surface area contributed by atoms with Crippen molar-refractivity contribution in [2.45, 2.75) is 30.3 Å². The van der Waals surface area contributed by atoms with Gasteiger partial charge in [-0.1, -0.05) is 66.2 Å². The molecule has 1 fully saturated rings. The van der Waals surface area contributed by atoms with E-state index in [0.29, 0.717) is 16.7 Å². The van der Waals surface area contributed by atoms with E-state index in [4.69, 9.17) is 30.5 Å². The van der Waals surface area contributed by atoms with Crippen LogP contribution in [0, 0.1) is 0 Å². The zero-order valence-corrected chi connectivity index (χ0v) is 19.6. The highest BCUT2D eigenvalue weighted by Gasteiger charge is 2.59. The van der Waals surface area contributed by atoms with Crippen molar-refractivity contribution in [3.05, 3.63) is 108 Å². The average Bonchev–Trinajstić information content (AvgIpc) is 3.12. The Labute approximate surface area is 207 Å². The molecule has 3 aromatic rings. The van der Waals surface area contributed by atoms with Gasteiger partial charge in [0.05, 0.1) is 16.7 Å². The van der Waals surface area contributed by atoms with Gasteiger partial charge in [-0.15, -0.1) is 0 Å². The summed E-state index contributed by atoms with van der Waals surface area (Å²) in [7, 11) is 0. The van der Waals surface area contributed by atoms with E-state index >= 15 is 0 Å². The third-order valence-corrected chi connectivity index (χ3v) is 6.14. The van der Waals surface area contributed by atoms with Crippen LogP contribution < -0.4 is 0 Å². The molecule has 3 aromatic carbocycles. The smallest absolute Gasteiger partial charge is 0.338 e. The summed E-state index contributed by atoms with van der Waals surface area (Å²) in [5.74, 6) is -1.90. The summed E-state index contributed by atoms with van der Waals surface area (Å²) in [5.41, 5.74) is -1.80. The van der Waals surface area contributed by atoms with E-state index < -0.39 is 41.3 Å². The first-order valence-electron chi connectivity index (χ1n) is 10.9. The molecule has 1 saturated heterocycles. The van der Waals surface area contributed by atoms with Crippen LogP contribution >= 0.6 is 11.6 Å². The Morgan fingerprint density at radius 1 is 0.771 bits per heavy atom. The molecule has 8 heteroatoms. The number of rotatable bonds is 7. The van der Waals surface area contributed by atoms with Crippen molar-refractivity contribution in [3.8, 4) is 0 Å². The van der Waals surface area contributed by atoms with E-state index in [1.165, 1.54) is 6.92 Å². The van der Waals surface area contributed by atoms with Crippen molar-refractivity contribution in [1.82, 2.24) is 0 Å². The maximum atomic E-state index is 12.9. The Morgan fingerprint density at radius 3 is 1.74 bits per heavy atom. The Hall–Kier alpha value is -3.68. The lowest BCUT2D eigenvalue weighted by Crippen LogP contribution is -2.50. The molecule has 4 atom stereocenters. The molecule has 0 amide bonds. The number of alkyl halides is 1. The van der Waals surface area contributed by atoms with Crippen molar-refractivity contribution in [2.75, 3.05) is 6.61 Å². The molecule has 0 N–H and O–H groups in total. The van der Waals surface area contributed by atoms with Gasteiger partial charge in [-0.3, -0.25) is 0 Å². The minimum atomic E-state index is -1.57. The fourth-order valence-corrected chi connectivity index (χ4v) is 3.99. The van der Waals surface area contributed by atoms with Gasteiger partial charge < -0.3 is 18.9 Å². The first-order valence-corrected chi connectivity index (χ1v) is 11.4. The normalized spacial score (nSPS) is 23.3. The highest BCUT2D eigenvalue weighted by molar-refractivity contribution is 6.20. The lowest BCUT2D eigenvalue weighted by Gasteiger charge is -2.32. The van der Waals surface area contributed by atoms with E-state index in [1.807, 2.05) is 0 Å². The quantitative estimate of drug-likeness (QED) is 0.268. The van der Waals surface area contributed by atoms with Crippen LogP contribution in [0.5, 0.6) is 0 Å². The highest BCUT2D eigenvalue weighted by atomic mass is 35.5. The topological polar surface area (TPSA) is 88.1 Å². The zero-order chi connectivity index (χ0) is 24.8. The third kappa shape index (κ3) is 5.53. The maximum absolute atomic E-state index is 12.9. The van der Waals surface area contributed by atoms with Crippen LogP contribution in [0.25, 0.3) is 0 Å². The standard InChI is InChI=1S/C27H23ClO7/c1-27(35-25(31)20-15-9-4-10-16-20)22(34-24(30)19-13-7-3-8-14-19)21(33-26(27)28)17-32-23(29)18-11-5-2-6-12-18/h2-16,21-22,26H,17H2,1H3/t21-,22-,26?,27-/m1/s1. The third-order valence-electron chi connectivity index (χ3n) is 5.60. The molecule has 1 aliphatic heterocycles. The van der Waals surface area contributed by atoms with Crippen LogP contribution in [0.3, 0.4) is 0 Å². The maximum Gasteiger partial charge on any atom is 0.338 e. The Balaban J connectivity index is 1.56. The van der Waals surface area contributed by atoms with Gasteiger partial charge in [0, 0.05) is 0 Å². The summed E-state index contributed by atoms with van der Waals surface area (Å²) < 4.78 is 22.7. The van der Waals surface area contributed by atoms with Gasteiger partial charge in [-0.2, -0.15) is 0 Å². The molecule has 7 nitrogen and oxygen atoms in total. The van der Waals surface area contributed by atoms with Crippen LogP contribution in [-0.4, -0.2) is 47.9 Å². The summed E-state index contributed by atoms with van der Waals surface area (Å²) in [6.45, 7) is 1.25. The van der Waals surface area contributed by atoms with Crippen molar-refractivity contribution in [2.24, 2.45) is 0 Å². The minimum Gasteiger partial charge on any atom is -0.459 e. The zero-order valence-electron chi connectivity index (χ0n) is 18.8. The summed E-state index contributed by atoms with van der Waals surface area (Å²) in [5, 5.41) is 0. The number of hydrogen-bond acceptors (Lipinski definition) is 7. The molecule has 1 aliphatic rings. The molecule has 0 aromatic heterocycles. The molecule has 0 saturated carbocycles. The lowest BCUT2D eigenvalue weighted by atomic mass is 9.97. The Bertz CT molecular complexity index is 1170. The van der Waals surface area contributed by atoms with Gasteiger partial charge in [-0.05, 0) is 43.3 Å². The van der Waals surface area contributed by atoms with Gasteiger partial charge in [0.25, 0.3) is 0 Å². The molecular weight excluding hydrogens is 472 g/mol. The van der Waals surface area contributed by atoms with E-state index in [0.717, 1.165) is 0 Å². The van der Waals surface area contributed by atoms with Gasteiger partial charge in [0.1, 0.15) is 12.7 Å². The lowest BCUT2D eigenvalue weighted by molar-refractivity contribution is -0.0782. The first-order chi connectivity index (χ1) is 16.9. The minimum absolute atomic E-state index is 0.276. The molecule has 4 rings (SSSR count). The molecule has 0 radical (unpaired) electrons. The fourth-order valence-electron chi connectivity index (χ4n) is 3.69. The van der Waals surface area contributed by atoms with Gasteiger partial charge in [0.2, 0.25) is 0 Å². The van der Waals surface area contributed by atoms with Crippen LogP contribution in [0.1, 0.15) is 38.0 Å². The van der Waals surface area contributed by atoms with Crippen molar-refractivity contribution in [1.29, 1.82) is 0 Å². The first kappa shape index (κ1) is 24.4. The number of hydrogen-bond donors (Lipinski definition) is 0. The summed E-state index contributed by atoms with van der Waals surface area (Å²) in [6, 6.07) is 25.1. The summed E-state index contributed by atoms with van der Waals surface area (Å²) >= 11 is 6.47. The largest absolute Gasteiger partial charge is 0.459 e. The molecule has 35 heavy (non-hydrogen) atoms. The Kier molecular flexibility index (Phi) is 7.48. The van der Waals surface area contributed by atoms with Gasteiger partial charge in [-0.25, -0.2) is 14.4 Å². The predicted molar refractivity (Wildman–Crippen MR) is 127 cm³/mol. The van der Waals surface area contributed by atoms with Crippen LogP contribution in [-0.2, 0) is 18.9 Å². The molecular formula is C27H23ClO7. The molecule has 0 spiro atoms. The van der Waals surface area contributed by atoms with E-state index in [9.17, 15) is 14.4 Å². The second-order valence-electron chi connectivity index (χ2n) is 8.09. The monoisotopic (exact) mass is 494 g/mol. The van der Waals surface area contributed by atoms with Crippen LogP contribution in [0.15, 0.2) is 91.0 Å². The molecule has 0 bridgehead atoms. The van der Waals surface area contributed by atoms with Gasteiger partial charge in [0.15, 0.2) is 17.3 Å². The average molecular weight is 495 g/mol. The molecule has 1 unspecified atom stereocenters.